The van der Waals surface area contributed by atoms with Crippen molar-refractivity contribution in [2.45, 2.75) is 19.4 Å². The number of hydrogen-bond acceptors (Lipinski definition) is 5. The van der Waals surface area contributed by atoms with E-state index in [1.54, 1.807) is 4.90 Å². The fraction of sp³-hybridized carbons (Fsp3) is 0.120. The second kappa shape index (κ2) is 9.14. The summed E-state index contributed by atoms with van der Waals surface area (Å²) in [5.74, 6) is 5.67. The van der Waals surface area contributed by atoms with Gasteiger partial charge in [-0.05, 0) is 35.9 Å². The van der Waals surface area contributed by atoms with E-state index in [-0.39, 0.29) is 30.2 Å². The maximum Gasteiger partial charge on any atom is 0.311 e. The van der Waals surface area contributed by atoms with Crippen LogP contribution in [0.5, 0.6) is 5.75 Å². The highest BCUT2D eigenvalue weighted by Crippen LogP contribution is 2.26. The minimum absolute atomic E-state index is 0.0459. The van der Waals surface area contributed by atoms with Gasteiger partial charge in [-0.3, -0.25) is 19.7 Å². The molecular formula is C25H18N2O5. The quantitative estimate of drug-likeness (QED) is 0.200. The molecule has 0 bridgehead atoms. The van der Waals surface area contributed by atoms with E-state index < -0.39 is 10.9 Å². The number of hydrogen-bond donors (Lipinski definition) is 0. The van der Waals surface area contributed by atoms with Crippen LogP contribution in [0.1, 0.15) is 29.5 Å². The summed E-state index contributed by atoms with van der Waals surface area (Å²) in [4.78, 5) is 37.2. The van der Waals surface area contributed by atoms with Crippen LogP contribution in [0.3, 0.4) is 0 Å². The van der Waals surface area contributed by atoms with Crippen molar-refractivity contribution >= 4 is 23.3 Å². The smallest absolute Gasteiger partial charge is 0.311 e. The number of non-ortho nitro benzene ring substituents is 1. The molecule has 0 fully saturated rings. The monoisotopic (exact) mass is 426 g/mol. The normalized spacial score (nSPS) is 11.7. The Morgan fingerprint density at radius 3 is 2.31 bits per heavy atom. The molecule has 7 heteroatoms. The molecule has 0 aromatic heterocycles. The van der Waals surface area contributed by atoms with Gasteiger partial charge in [0.25, 0.3) is 5.69 Å². The van der Waals surface area contributed by atoms with Gasteiger partial charge in [-0.2, -0.15) is 0 Å². The molecule has 0 atom stereocenters. The fourth-order valence-electron chi connectivity index (χ4n) is 3.37. The number of nitro groups is 1. The van der Waals surface area contributed by atoms with E-state index in [4.69, 9.17) is 4.74 Å². The number of rotatable bonds is 5. The van der Waals surface area contributed by atoms with Crippen molar-refractivity contribution in [2.75, 3.05) is 4.90 Å². The first-order chi connectivity index (χ1) is 15.5. The van der Waals surface area contributed by atoms with Crippen LogP contribution in [0.25, 0.3) is 0 Å². The lowest BCUT2D eigenvalue weighted by Crippen LogP contribution is -2.32. The third-order valence-corrected chi connectivity index (χ3v) is 5.00. The molecule has 0 unspecified atom stereocenters. The first kappa shape index (κ1) is 20.8. The Morgan fingerprint density at radius 1 is 0.906 bits per heavy atom. The second-order valence-corrected chi connectivity index (χ2v) is 7.13. The number of para-hydroxylation sites is 1. The van der Waals surface area contributed by atoms with Crippen molar-refractivity contribution in [3.8, 4) is 17.6 Å². The summed E-state index contributed by atoms with van der Waals surface area (Å²) in [5.41, 5.74) is 3.12. The second-order valence-electron chi connectivity index (χ2n) is 7.13. The number of carbonyl (C=O) groups excluding carboxylic acids is 2. The van der Waals surface area contributed by atoms with E-state index in [0.29, 0.717) is 12.2 Å². The van der Waals surface area contributed by atoms with Gasteiger partial charge >= 0.3 is 5.97 Å². The number of carbonyl (C=O) groups is 2. The number of ether oxygens (including phenoxy) is 1. The van der Waals surface area contributed by atoms with Crippen LogP contribution in [0, 0.1) is 22.0 Å². The van der Waals surface area contributed by atoms with Gasteiger partial charge in [-0.15, -0.1) is 0 Å². The van der Waals surface area contributed by atoms with Crippen molar-refractivity contribution < 1.29 is 19.2 Å². The molecule has 158 valence electrons. The Labute approximate surface area is 184 Å². The predicted molar refractivity (Wildman–Crippen MR) is 118 cm³/mol. The third-order valence-electron chi connectivity index (χ3n) is 5.00. The summed E-state index contributed by atoms with van der Waals surface area (Å²) in [6.07, 6.45) is -0.169. The van der Waals surface area contributed by atoms with E-state index in [1.807, 2.05) is 48.5 Å². The largest absolute Gasteiger partial charge is 0.427 e. The molecule has 3 aromatic rings. The first-order valence-corrected chi connectivity index (χ1v) is 9.96. The van der Waals surface area contributed by atoms with Crippen LogP contribution < -0.4 is 9.64 Å². The molecule has 0 radical (unpaired) electrons. The number of anilines is 1. The zero-order chi connectivity index (χ0) is 22.5. The Bertz CT molecular complexity index is 1260. The van der Waals surface area contributed by atoms with Crippen molar-refractivity contribution in [1.29, 1.82) is 0 Å². The minimum atomic E-state index is -0.590. The minimum Gasteiger partial charge on any atom is -0.427 e. The zero-order valence-electron chi connectivity index (χ0n) is 17.0. The number of fused-ring (bicyclic) bond motifs is 2. The molecule has 7 nitrogen and oxygen atoms in total. The Morgan fingerprint density at radius 2 is 1.56 bits per heavy atom. The first-order valence-electron chi connectivity index (χ1n) is 9.96. The van der Waals surface area contributed by atoms with Gasteiger partial charge < -0.3 is 9.64 Å². The zero-order valence-corrected chi connectivity index (χ0v) is 17.0. The van der Waals surface area contributed by atoms with Crippen LogP contribution in [0.4, 0.5) is 11.4 Å². The summed E-state index contributed by atoms with van der Waals surface area (Å²) in [7, 11) is 0. The fourth-order valence-corrected chi connectivity index (χ4v) is 3.37. The maximum absolute atomic E-state index is 13.1. The Balaban J connectivity index is 1.47. The highest BCUT2D eigenvalue weighted by Gasteiger charge is 2.22. The maximum atomic E-state index is 13.1. The molecule has 0 saturated carbocycles. The average molecular weight is 426 g/mol. The van der Waals surface area contributed by atoms with Crippen molar-refractivity contribution in [3.63, 3.8) is 0 Å². The van der Waals surface area contributed by atoms with Crippen molar-refractivity contribution in [1.82, 2.24) is 0 Å². The molecule has 32 heavy (non-hydrogen) atoms. The summed E-state index contributed by atoms with van der Waals surface area (Å²) in [6, 6.07) is 20.3. The summed E-state index contributed by atoms with van der Waals surface area (Å²) < 4.78 is 5.20. The lowest BCUT2D eigenvalue weighted by atomic mass is 10.0. The van der Waals surface area contributed by atoms with E-state index in [1.165, 1.54) is 24.3 Å². The van der Waals surface area contributed by atoms with Gasteiger partial charge in [0.05, 0.1) is 23.6 Å². The number of nitrogens with zero attached hydrogens (tertiary/aromatic N) is 2. The van der Waals surface area contributed by atoms with Crippen LogP contribution in [-0.2, 0) is 16.1 Å². The van der Waals surface area contributed by atoms with E-state index in [0.717, 1.165) is 16.7 Å². The highest BCUT2D eigenvalue weighted by molar-refractivity contribution is 5.96. The van der Waals surface area contributed by atoms with Gasteiger partial charge in [0.15, 0.2) is 0 Å². The Hall–Kier alpha value is -4.44. The van der Waals surface area contributed by atoms with E-state index in [2.05, 4.69) is 11.8 Å². The standard InChI is InChI=1S/C25H18N2O5/c28-24(15-16-25(29)32-22-13-11-21(12-14-22)27(30)31)26-17-20-7-2-1-5-18(20)9-10-19-6-3-4-8-23(19)26/h1-8,11-14H,15-17H2. The molecule has 0 spiro atoms. The highest BCUT2D eigenvalue weighted by atomic mass is 16.6. The third kappa shape index (κ3) is 4.65. The molecule has 0 aliphatic carbocycles. The molecule has 0 saturated heterocycles. The van der Waals surface area contributed by atoms with Crippen LogP contribution in [-0.4, -0.2) is 16.8 Å². The Kier molecular flexibility index (Phi) is 5.95. The molecule has 1 aliphatic heterocycles. The summed E-state index contributed by atoms with van der Waals surface area (Å²) in [6.45, 7) is 0.345. The average Bonchev–Trinajstić information content (AvgIpc) is 2.79. The molecule has 1 heterocycles. The van der Waals surface area contributed by atoms with E-state index in [9.17, 15) is 19.7 Å². The number of amides is 1. The number of nitro benzene ring substituents is 1. The SMILES string of the molecule is O=C(CCC(=O)N1Cc2ccccc2C#Cc2ccccc21)Oc1ccc([N+](=O)[O-])cc1. The molecule has 0 N–H and O–H groups in total. The van der Waals surface area contributed by atoms with Gasteiger partial charge in [0.1, 0.15) is 5.75 Å². The molecular weight excluding hydrogens is 408 g/mol. The number of benzene rings is 3. The van der Waals surface area contributed by atoms with Crippen molar-refractivity contribution in [3.05, 3.63) is 99.6 Å². The topological polar surface area (TPSA) is 89.8 Å². The lowest BCUT2D eigenvalue weighted by Gasteiger charge is -2.26. The van der Waals surface area contributed by atoms with Gasteiger partial charge in [-0.25, -0.2) is 0 Å². The van der Waals surface area contributed by atoms with Crippen LogP contribution in [0.15, 0.2) is 72.8 Å². The molecule has 3 aromatic carbocycles. The van der Waals surface area contributed by atoms with Gasteiger partial charge in [0, 0.05) is 29.7 Å². The summed E-state index contributed by atoms with van der Waals surface area (Å²) in [5, 5.41) is 10.7. The molecule has 1 amide bonds. The predicted octanol–water partition coefficient (Wildman–Crippen LogP) is 4.23. The summed E-state index contributed by atoms with van der Waals surface area (Å²) >= 11 is 0. The van der Waals surface area contributed by atoms with Crippen LogP contribution in [0.2, 0.25) is 0 Å². The molecule has 4 rings (SSSR count). The number of esters is 1. The van der Waals surface area contributed by atoms with E-state index >= 15 is 0 Å². The lowest BCUT2D eigenvalue weighted by molar-refractivity contribution is -0.384. The van der Waals surface area contributed by atoms with Gasteiger partial charge in [-0.1, -0.05) is 42.2 Å². The van der Waals surface area contributed by atoms with Gasteiger partial charge in [0.2, 0.25) is 5.91 Å². The van der Waals surface area contributed by atoms with Crippen molar-refractivity contribution in [2.24, 2.45) is 0 Å². The molecule has 1 aliphatic rings. The van der Waals surface area contributed by atoms with Crippen LogP contribution >= 0.6 is 0 Å².